The molecule has 0 aliphatic carbocycles. The average molecular weight is 394 g/mol. The van der Waals surface area contributed by atoms with E-state index in [-0.39, 0.29) is 5.92 Å². The maximum atomic E-state index is 6.11. The molecule has 1 aromatic rings. The summed E-state index contributed by atoms with van der Waals surface area (Å²) in [7, 11) is 1.83. The van der Waals surface area contributed by atoms with Crippen molar-refractivity contribution in [2.24, 2.45) is 4.99 Å². The van der Waals surface area contributed by atoms with Gasteiger partial charge in [-0.25, -0.2) is 0 Å². The van der Waals surface area contributed by atoms with Gasteiger partial charge >= 0.3 is 0 Å². The quantitative estimate of drug-likeness (QED) is 0.562. The topological polar surface area (TPSA) is 85.0 Å². The number of rotatable bonds is 7. The van der Waals surface area contributed by atoms with Crippen molar-refractivity contribution in [3.05, 3.63) is 11.7 Å². The summed E-state index contributed by atoms with van der Waals surface area (Å²) in [5.74, 6) is 2.65. The Bertz CT molecular complexity index is 605. The van der Waals surface area contributed by atoms with Gasteiger partial charge in [0.15, 0.2) is 11.8 Å². The zero-order chi connectivity index (χ0) is 19.8. The highest BCUT2D eigenvalue weighted by Gasteiger charge is 2.23. The van der Waals surface area contributed by atoms with Gasteiger partial charge in [-0.05, 0) is 32.1 Å². The normalized spacial score (nSPS) is 22.1. The average Bonchev–Trinajstić information content (AvgIpc) is 3.20. The number of nitrogens with one attached hydrogen (secondary N) is 1. The van der Waals surface area contributed by atoms with E-state index in [2.05, 4.69) is 39.2 Å². The molecule has 0 bridgehead atoms. The number of hydrogen-bond acceptors (Lipinski definition) is 6. The van der Waals surface area contributed by atoms with Crippen molar-refractivity contribution in [3.63, 3.8) is 0 Å². The standard InChI is InChI=1S/C20H35N5O3/c1-15(2)19-23-18(28-24-19)7-10-22-20(21-3)25-11-8-16(9-12-25)27-14-17-6-4-5-13-26-17/h15-17H,4-14H2,1-3H3,(H,21,22). The van der Waals surface area contributed by atoms with Gasteiger partial charge in [0, 0.05) is 45.6 Å². The fraction of sp³-hybridized carbons (Fsp3) is 0.850. The summed E-state index contributed by atoms with van der Waals surface area (Å²) in [4.78, 5) is 11.1. The first-order valence-corrected chi connectivity index (χ1v) is 10.7. The minimum absolute atomic E-state index is 0.284. The fourth-order valence-electron chi connectivity index (χ4n) is 3.63. The zero-order valence-corrected chi connectivity index (χ0v) is 17.5. The van der Waals surface area contributed by atoms with Crippen LogP contribution < -0.4 is 5.32 Å². The van der Waals surface area contributed by atoms with Gasteiger partial charge in [0.2, 0.25) is 5.89 Å². The van der Waals surface area contributed by atoms with Gasteiger partial charge in [-0.15, -0.1) is 0 Å². The highest BCUT2D eigenvalue weighted by atomic mass is 16.5. The SMILES string of the molecule is CN=C(NCCc1nc(C(C)C)no1)N1CCC(OCC2CCCCO2)CC1. The minimum atomic E-state index is 0.284. The Balaban J connectivity index is 1.34. The third-order valence-electron chi connectivity index (χ3n) is 5.37. The summed E-state index contributed by atoms with van der Waals surface area (Å²) >= 11 is 0. The van der Waals surface area contributed by atoms with Crippen molar-refractivity contribution < 1.29 is 14.0 Å². The molecule has 2 aliphatic heterocycles. The Labute approximate surface area is 168 Å². The summed E-state index contributed by atoms with van der Waals surface area (Å²) in [6.45, 7) is 8.37. The summed E-state index contributed by atoms with van der Waals surface area (Å²) < 4.78 is 17.2. The van der Waals surface area contributed by atoms with Crippen LogP contribution in [0.1, 0.15) is 63.6 Å². The molecular formula is C20H35N5O3. The third kappa shape index (κ3) is 6.17. The van der Waals surface area contributed by atoms with Crippen molar-refractivity contribution in [2.45, 2.75) is 70.5 Å². The van der Waals surface area contributed by atoms with Crippen molar-refractivity contribution in [3.8, 4) is 0 Å². The predicted molar refractivity (Wildman–Crippen MR) is 108 cm³/mol. The molecule has 0 spiro atoms. The van der Waals surface area contributed by atoms with Crippen molar-refractivity contribution >= 4 is 5.96 Å². The Morgan fingerprint density at radius 3 is 2.75 bits per heavy atom. The number of guanidine groups is 1. The summed E-state index contributed by atoms with van der Waals surface area (Å²) in [6.07, 6.45) is 6.94. The first-order valence-electron chi connectivity index (χ1n) is 10.7. The second kappa shape index (κ2) is 10.8. The molecule has 3 heterocycles. The maximum Gasteiger partial charge on any atom is 0.228 e. The van der Waals surface area contributed by atoms with Crippen LogP contribution in [0, 0.1) is 0 Å². The molecule has 0 aromatic carbocycles. The Morgan fingerprint density at radius 1 is 1.29 bits per heavy atom. The number of likely N-dealkylation sites (tertiary alicyclic amines) is 1. The van der Waals surface area contributed by atoms with E-state index in [0.29, 0.717) is 24.5 Å². The number of aromatic nitrogens is 2. The van der Waals surface area contributed by atoms with Crippen LogP contribution in [0.3, 0.4) is 0 Å². The van der Waals surface area contributed by atoms with Gasteiger partial charge in [0.25, 0.3) is 0 Å². The molecule has 0 amide bonds. The Kier molecular flexibility index (Phi) is 8.09. The Hall–Kier alpha value is -1.67. The molecule has 28 heavy (non-hydrogen) atoms. The molecule has 8 heteroatoms. The van der Waals surface area contributed by atoms with E-state index in [1.54, 1.807) is 0 Å². The van der Waals surface area contributed by atoms with E-state index in [0.717, 1.165) is 63.9 Å². The molecule has 1 aromatic heterocycles. The third-order valence-corrected chi connectivity index (χ3v) is 5.37. The van der Waals surface area contributed by atoms with Gasteiger partial charge < -0.3 is 24.2 Å². The van der Waals surface area contributed by atoms with E-state index >= 15 is 0 Å². The van der Waals surface area contributed by atoms with Gasteiger partial charge in [0.1, 0.15) is 0 Å². The summed E-state index contributed by atoms with van der Waals surface area (Å²) in [5, 5.41) is 7.42. The number of piperidine rings is 1. The minimum Gasteiger partial charge on any atom is -0.376 e. The smallest absolute Gasteiger partial charge is 0.228 e. The Morgan fingerprint density at radius 2 is 2.11 bits per heavy atom. The van der Waals surface area contributed by atoms with E-state index < -0.39 is 0 Å². The van der Waals surface area contributed by atoms with Crippen LogP contribution >= 0.6 is 0 Å². The number of ether oxygens (including phenoxy) is 2. The molecule has 1 N–H and O–H groups in total. The van der Waals surface area contributed by atoms with Crippen LogP contribution in [-0.4, -0.2) is 73.1 Å². The number of aliphatic imine (C=N–C) groups is 1. The molecule has 0 radical (unpaired) electrons. The van der Waals surface area contributed by atoms with Crippen LogP contribution in [0.2, 0.25) is 0 Å². The predicted octanol–water partition coefficient (Wildman–Crippen LogP) is 2.36. The summed E-state index contributed by atoms with van der Waals surface area (Å²) in [6, 6.07) is 0. The van der Waals surface area contributed by atoms with Crippen LogP contribution in [0.25, 0.3) is 0 Å². The highest BCUT2D eigenvalue weighted by Crippen LogP contribution is 2.18. The largest absolute Gasteiger partial charge is 0.376 e. The lowest BCUT2D eigenvalue weighted by Crippen LogP contribution is -2.47. The molecule has 2 aliphatic rings. The second-order valence-electron chi connectivity index (χ2n) is 7.93. The molecule has 3 rings (SSSR count). The van der Waals surface area contributed by atoms with E-state index in [1.165, 1.54) is 12.8 Å². The fourth-order valence-corrected chi connectivity index (χ4v) is 3.63. The monoisotopic (exact) mass is 393 g/mol. The van der Waals surface area contributed by atoms with Gasteiger partial charge in [-0.1, -0.05) is 19.0 Å². The lowest BCUT2D eigenvalue weighted by atomic mass is 10.1. The first-order chi connectivity index (χ1) is 13.7. The van der Waals surface area contributed by atoms with Crippen molar-refractivity contribution in [1.29, 1.82) is 0 Å². The van der Waals surface area contributed by atoms with Crippen LogP contribution in [-0.2, 0) is 15.9 Å². The molecule has 2 saturated heterocycles. The van der Waals surface area contributed by atoms with E-state index in [1.807, 2.05) is 7.05 Å². The molecular weight excluding hydrogens is 358 g/mol. The number of hydrogen-bond donors (Lipinski definition) is 1. The zero-order valence-electron chi connectivity index (χ0n) is 17.5. The van der Waals surface area contributed by atoms with E-state index in [9.17, 15) is 0 Å². The molecule has 1 unspecified atom stereocenters. The molecule has 0 saturated carbocycles. The van der Waals surface area contributed by atoms with Gasteiger partial charge in [0.05, 0.1) is 18.8 Å². The molecule has 8 nitrogen and oxygen atoms in total. The molecule has 1 atom stereocenters. The molecule has 158 valence electrons. The second-order valence-corrected chi connectivity index (χ2v) is 7.93. The first kappa shape index (κ1) is 21.0. The lowest BCUT2D eigenvalue weighted by molar-refractivity contribution is -0.0721. The van der Waals surface area contributed by atoms with Crippen LogP contribution in [0.4, 0.5) is 0 Å². The maximum absolute atomic E-state index is 6.11. The lowest BCUT2D eigenvalue weighted by Gasteiger charge is -2.35. The molecule has 2 fully saturated rings. The van der Waals surface area contributed by atoms with Gasteiger partial charge in [-0.2, -0.15) is 4.98 Å². The van der Waals surface area contributed by atoms with Crippen LogP contribution in [0.15, 0.2) is 9.52 Å². The van der Waals surface area contributed by atoms with Crippen molar-refractivity contribution in [1.82, 2.24) is 20.4 Å². The summed E-state index contributed by atoms with van der Waals surface area (Å²) in [5.41, 5.74) is 0. The van der Waals surface area contributed by atoms with Gasteiger partial charge in [-0.3, -0.25) is 4.99 Å². The van der Waals surface area contributed by atoms with Crippen molar-refractivity contribution in [2.75, 3.05) is 39.9 Å². The number of nitrogens with zero attached hydrogens (tertiary/aromatic N) is 4. The van der Waals surface area contributed by atoms with E-state index in [4.69, 9.17) is 14.0 Å². The van der Waals surface area contributed by atoms with Crippen LogP contribution in [0.5, 0.6) is 0 Å². The highest BCUT2D eigenvalue weighted by molar-refractivity contribution is 5.79.